The molecule has 114 valence electrons. The average molecular weight is 306 g/mol. The third-order valence-electron chi connectivity index (χ3n) is 3.83. The van der Waals surface area contributed by atoms with Crippen molar-refractivity contribution in [2.24, 2.45) is 0 Å². The van der Waals surface area contributed by atoms with Crippen molar-refractivity contribution >= 4 is 11.9 Å². The third-order valence-corrected chi connectivity index (χ3v) is 3.83. The molecule has 0 saturated carbocycles. The molecule has 23 heavy (non-hydrogen) atoms. The SMILES string of the molecule is O=C(Nc1nncn1-c1ccccc1)C1COc2ccccc21. The highest BCUT2D eigenvalue weighted by molar-refractivity contribution is 5.95. The second kappa shape index (κ2) is 5.57. The second-order valence-corrected chi connectivity index (χ2v) is 5.25. The normalized spacial score (nSPS) is 15.7. The first-order chi connectivity index (χ1) is 11.3. The third kappa shape index (κ3) is 2.44. The number of amides is 1. The van der Waals surface area contributed by atoms with E-state index in [-0.39, 0.29) is 11.8 Å². The topological polar surface area (TPSA) is 69.0 Å². The Labute approximate surface area is 132 Å². The van der Waals surface area contributed by atoms with Crippen LogP contribution in [0.5, 0.6) is 5.75 Å². The Kier molecular flexibility index (Phi) is 3.27. The number of aromatic nitrogens is 3. The number of hydrogen-bond acceptors (Lipinski definition) is 4. The van der Waals surface area contributed by atoms with Crippen LogP contribution in [0.25, 0.3) is 5.69 Å². The number of hydrogen-bond donors (Lipinski definition) is 1. The van der Waals surface area contributed by atoms with E-state index in [0.29, 0.717) is 12.6 Å². The first-order valence-electron chi connectivity index (χ1n) is 7.31. The van der Waals surface area contributed by atoms with Crippen molar-refractivity contribution in [2.75, 3.05) is 11.9 Å². The summed E-state index contributed by atoms with van der Waals surface area (Å²) in [6, 6.07) is 17.2. The van der Waals surface area contributed by atoms with Crippen LogP contribution in [0.4, 0.5) is 5.95 Å². The number of nitrogens with one attached hydrogen (secondary N) is 1. The number of ether oxygens (including phenoxy) is 1. The van der Waals surface area contributed by atoms with Gasteiger partial charge in [0.15, 0.2) is 0 Å². The molecule has 2 heterocycles. The lowest BCUT2D eigenvalue weighted by molar-refractivity contribution is -0.117. The monoisotopic (exact) mass is 306 g/mol. The van der Waals surface area contributed by atoms with Crippen molar-refractivity contribution in [1.82, 2.24) is 14.8 Å². The van der Waals surface area contributed by atoms with E-state index in [0.717, 1.165) is 17.0 Å². The molecular weight excluding hydrogens is 292 g/mol. The Morgan fingerprint density at radius 1 is 1.13 bits per heavy atom. The quantitative estimate of drug-likeness (QED) is 0.806. The zero-order valence-corrected chi connectivity index (χ0v) is 12.2. The van der Waals surface area contributed by atoms with Gasteiger partial charge in [-0.05, 0) is 18.2 Å². The highest BCUT2D eigenvalue weighted by Crippen LogP contribution is 2.34. The van der Waals surface area contributed by atoms with Crippen molar-refractivity contribution in [3.63, 3.8) is 0 Å². The fraction of sp³-hybridized carbons (Fsp3) is 0.118. The molecule has 1 aliphatic rings. The summed E-state index contributed by atoms with van der Waals surface area (Å²) in [6.45, 7) is 0.338. The van der Waals surface area contributed by atoms with Gasteiger partial charge in [0, 0.05) is 5.56 Å². The minimum atomic E-state index is -0.341. The number of fused-ring (bicyclic) bond motifs is 1. The second-order valence-electron chi connectivity index (χ2n) is 5.25. The number of nitrogens with zero attached hydrogens (tertiary/aromatic N) is 3. The van der Waals surface area contributed by atoms with Crippen LogP contribution in [0.1, 0.15) is 11.5 Å². The molecular formula is C17H14N4O2. The van der Waals surface area contributed by atoms with Crippen LogP contribution in [0.2, 0.25) is 0 Å². The van der Waals surface area contributed by atoms with E-state index < -0.39 is 0 Å². The molecule has 1 atom stereocenters. The van der Waals surface area contributed by atoms with Crippen LogP contribution in [0.15, 0.2) is 60.9 Å². The van der Waals surface area contributed by atoms with Gasteiger partial charge in [-0.15, -0.1) is 10.2 Å². The molecule has 0 spiro atoms. The van der Waals surface area contributed by atoms with Gasteiger partial charge < -0.3 is 4.74 Å². The average Bonchev–Trinajstić information content (AvgIpc) is 3.22. The fourth-order valence-corrected chi connectivity index (χ4v) is 2.67. The van der Waals surface area contributed by atoms with Gasteiger partial charge in [-0.2, -0.15) is 0 Å². The molecule has 0 aliphatic carbocycles. The van der Waals surface area contributed by atoms with E-state index in [1.54, 1.807) is 10.9 Å². The maximum atomic E-state index is 12.6. The lowest BCUT2D eigenvalue weighted by Crippen LogP contribution is -2.24. The summed E-state index contributed by atoms with van der Waals surface area (Å²) in [4.78, 5) is 12.6. The van der Waals surface area contributed by atoms with Gasteiger partial charge in [0.1, 0.15) is 24.6 Å². The van der Waals surface area contributed by atoms with Gasteiger partial charge in [0.05, 0.1) is 5.69 Å². The molecule has 0 saturated heterocycles. The van der Waals surface area contributed by atoms with Crippen LogP contribution >= 0.6 is 0 Å². The minimum absolute atomic E-state index is 0.153. The molecule has 0 radical (unpaired) electrons. The largest absolute Gasteiger partial charge is 0.492 e. The molecule has 1 unspecified atom stereocenters. The maximum Gasteiger partial charge on any atom is 0.237 e. The molecule has 0 bridgehead atoms. The Balaban J connectivity index is 1.58. The fourth-order valence-electron chi connectivity index (χ4n) is 2.67. The van der Waals surface area contributed by atoms with E-state index in [1.807, 2.05) is 54.6 Å². The van der Waals surface area contributed by atoms with Crippen LogP contribution < -0.4 is 10.1 Å². The first-order valence-corrected chi connectivity index (χ1v) is 7.31. The Morgan fingerprint density at radius 2 is 1.91 bits per heavy atom. The van der Waals surface area contributed by atoms with E-state index in [9.17, 15) is 4.79 Å². The van der Waals surface area contributed by atoms with Crippen LogP contribution in [-0.2, 0) is 4.79 Å². The first kappa shape index (κ1) is 13.5. The van der Waals surface area contributed by atoms with Gasteiger partial charge in [-0.25, -0.2) is 0 Å². The standard InChI is InChI=1S/C17H14N4O2/c22-16(14-10-23-15-9-5-4-8-13(14)15)19-17-20-18-11-21(17)12-6-2-1-3-7-12/h1-9,11,14H,10H2,(H,19,20,22). The zero-order chi connectivity index (χ0) is 15.6. The van der Waals surface area contributed by atoms with Crippen molar-refractivity contribution in [3.8, 4) is 11.4 Å². The van der Waals surface area contributed by atoms with Crippen molar-refractivity contribution in [1.29, 1.82) is 0 Å². The molecule has 4 rings (SSSR count). The lowest BCUT2D eigenvalue weighted by Gasteiger charge is -2.11. The van der Waals surface area contributed by atoms with Crippen LogP contribution in [0.3, 0.4) is 0 Å². The molecule has 1 N–H and O–H groups in total. The van der Waals surface area contributed by atoms with Crippen molar-refractivity contribution < 1.29 is 9.53 Å². The predicted octanol–water partition coefficient (Wildman–Crippen LogP) is 2.38. The summed E-state index contributed by atoms with van der Waals surface area (Å²) in [5.41, 5.74) is 1.78. The smallest absolute Gasteiger partial charge is 0.237 e. The van der Waals surface area contributed by atoms with Crippen LogP contribution in [-0.4, -0.2) is 27.3 Å². The van der Waals surface area contributed by atoms with Crippen molar-refractivity contribution in [2.45, 2.75) is 5.92 Å². The number of para-hydroxylation sites is 2. The van der Waals surface area contributed by atoms with E-state index >= 15 is 0 Å². The Bertz CT molecular complexity index is 845. The summed E-state index contributed by atoms with van der Waals surface area (Å²) in [5, 5.41) is 10.7. The van der Waals surface area contributed by atoms with Crippen LogP contribution in [0, 0.1) is 0 Å². The van der Waals surface area contributed by atoms with Gasteiger partial charge in [0.2, 0.25) is 11.9 Å². The molecule has 1 aliphatic heterocycles. The van der Waals surface area contributed by atoms with Gasteiger partial charge in [-0.3, -0.25) is 14.7 Å². The summed E-state index contributed by atoms with van der Waals surface area (Å²) in [5.74, 6) is 0.662. The number of benzene rings is 2. The molecule has 1 amide bonds. The molecule has 6 heteroatoms. The van der Waals surface area contributed by atoms with E-state index in [1.165, 1.54) is 0 Å². The summed E-state index contributed by atoms with van der Waals surface area (Å²) >= 11 is 0. The molecule has 1 aromatic heterocycles. The van der Waals surface area contributed by atoms with E-state index in [2.05, 4.69) is 15.5 Å². The van der Waals surface area contributed by atoms with Gasteiger partial charge >= 0.3 is 0 Å². The molecule has 6 nitrogen and oxygen atoms in total. The highest BCUT2D eigenvalue weighted by Gasteiger charge is 2.30. The zero-order valence-electron chi connectivity index (χ0n) is 12.2. The lowest BCUT2D eigenvalue weighted by atomic mass is 10.0. The van der Waals surface area contributed by atoms with Gasteiger partial charge in [-0.1, -0.05) is 36.4 Å². The van der Waals surface area contributed by atoms with Gasteiger partial charge in [0.25, 0.3) is 0 Å². The number of carbonyl (C=O) groups is 1. The number of carbonyl (C=O) groups excluding carboxylic acids is 1. The maximum absolute atomic E-state index is 12.6. The molecule has 0 fully saturated rings. The van der Waals surface area contributed by atoms with Crippen molar-refractivity contribution in [3.05, 3.63) is 66.5 Å². The summed E-state index contributed by atoms with van der Waals surface area (Å²) in [7, 11) is 0. The number of rotatable bonds is 3. The van der Waals surface area contributed by atoms with E-state index in [4.69, 9.17) is 4.74 Å². The Morgan fingerprint density at radius 3 is 2.78 bits per heavy atom. The number of anilines is 1. The summed E-state index contributed by atoms with van der Waals surface area (Å²) < 4.78 is 7.30. The molecule has 3 aromatic rings. The highest BCUT2D eigenvalue weighted by atomic mass is 16.5. The predicted molar refractivity (Wildman–Crippen MR) is 84.7 cm³/mol. The molecule has 2 aromatic carbocycles. The minimum Gasteiger partial charge on any atom is -0.492 e. The Hall–Kier alpha value is -3.15. The summed E-state index contributed by atoms with van der Waals surface area (Å²) in [6.07, 6.45) is 1.57.